The topological polar surface area (TPSA) is 63.2 Å². The molecule has 1 saturated heterocycles. The van der Waals surface area contributed by atoms with Gasteiger partial charge in [0.1, 0.15) is 5.75 Å². The van der Waals surface area contributed by atoms with Gasteiger partial charge in [-0.05, 0) is 37.0 Å². The van der Waals surface area contributed by atoms with Crippen LogP contribution in [-0.2, 0) is 29.3 Å². The van der Waals surface area contributed by atoms with E-state index < -0.39 is 14.1 Å². The fourth-order valence-electron chi connectivity index (χ4n) is 2.99. The number of hydrogen-bond donors (Lipinski definition) is 0. The maximum Gasteiger partial charge on any atom is 0.654 e. The molecule has 0 aliphatic carbocycles. The van der Waals surface area contributed by atoms with Crippen LogP contribution in [0.4, 0.5) is 0 Å². The summed E-state index contributed by atoms with van der Waals surface area (Å²) in [6.07, 6.45) is 9.40. The molecule has 1 fully saturated rings. The van der Waals surface area contributed by atoms with Gasteiger partial charge in [-0.1, -0.05) is 58.1 Å². The number of hydrogen-bond acceptors (Lipinski definition) is 6. The molecule has 2 bridgehead atoms. The Labute approximate surface area is 161 Å². The number of ether oxygens (including phenoxy) is 2. The predicted molar refractivity (Wildman–Crippen MR) is 102 cm³/mol. The van der Waals surface area contributed by atoms with Crippen LogP contribution in [0.1, 0.15) is 70.8 Å². The van der Waals surface area contributed by atoms with Crippen molar-refractivity contribution in [2.45, 2.75) is 77.9 Å². The van der Waals surface area contributed by atoms with Gasteiger partial charge in [0.05, 0.1) is 0 Å². The Hall–Kier alpha value is -1.81. The minimum Gasteiger partial charge on any atom is -0.455 e. The van der Waals surface area contributed by atoms with Crippen molar-refractivity contribution in [2.24, 2.45) is 0 Å². The Morgan fingerprint density at radius 3 is 2.22 bits per heavy atom. The molecule has 27 heavy (non-hydrogen) atoms. The van der Waals surface area contributed by atoms with Gasteiger partial charge in [-0.25, -0.2) is 0 Å². The van der Waals surface area contributed by atoms with Gasteiger partial charge in [0, 0.05) is 6.42 Å². The van der Waals surface area contributed by atoms with Crippen molar-refractivity contribution in [1.29, 1.82) is 0 Å². The van der Waals surface area contributed by atoms with Gasteiger partial charge in [-0.3, -0.25) is 0 Å². The summed E-state index contributed by atoms with van der Waals surface area (Å²) in [6, 6.07) is 8.13. The minimum absolute atomic E-state index is 0.0207. The van der Waals surface area contributed by atoms with E-state index >= 15 is 0 Å². The van der Waals surface area contributed by atoms with Crippen LogP contribution in [-0.4, -0.2) is 6.29 Å². The summed E-state index contributed by atoms with van der Waals surface area (Å²) in [5.41, 5.74) is 1.31. The van der Waals surface area contributed by atoms with Crippen LogP contribution in [0.2, 0.25) is 0 Å². The fourth-order valence-corrected chi connectivity index (χ4v) is 3.96. The highest BCUT2D eigenvalue weighted by Gasteiger charge is 2.58. The summed E-state index contributed by atoms with van der Waals surface area (Å²) >= 11 is 0. The van der Waals surface area contributed by atoms with Gasteiger partial charge in [-0.2, -0.15) is 4.57 Å². The van der Waals surface area contributed by atoms with E-state index in [1.54, 1.807) is 0 Å². The Kier molecular flexibility index (Phi) is 6.95. The lowest BCUT2D eigenvalue weighted by molar-refractivity contribution is -0.0803. The summed E-state index contributed by atoms with van der Waals surface area (Å²) in [4.78, 5) is 0. The van der Waals surface area contributed by atoms with Crippen LogP contribution in [0, 0.1) is 0 Å². The molecule has 0 N–H and O–H groups in total. The number of fused-ring (bicyclic) bond motifs is 1. The van der Waals surface area contributed by atoms with E-state index in [2.05, 4.69) is 26.0 Å². The highest BCUT2D eigenvalue weighted by molar-refractivity contribution is 7.50. The lowest BCUT2D eigenvalue weighted by atomic mass is 10.1. The number of unbranched alkanes of at least 4 members (excludes halogenated alkanes) is 5. The smallest absolute Gasteiger partial charge is 0.455 e. The van der Waals surface area contributed by atoms with Gasteiger partial charge >= 0.3 is 19.7 Å². The number of rotatable bonds is 13. The van der Waals surface area contributed by atoms with E-state index in [9.17, 15) is 4.57 Å². The third kappa shape index (κ3) is 5.58. The van der Waals surface area contributed by atoms with Crippen LogP contribution < -0.4 is 4.74 Å². The maximum absolute atomic E-state index is 11.6. The third-order valence-corrected chi connectivity index (χ3v) is 5.71. The summed E-state index contributed by atoms with van der Waals surface area (Å²) in [6.45, 7) is 4.36. The lowest BCUT2D eigenvalue weighted by Gasteiger charge is -2.19. The Morgan fingerprint density at radius 2 is 1.59 bits per heavy atom. The molecule has 0 amide bonds. The standard InChI is InChI=1S/C20H29O6P/c1-3-5-7-9-10-16-12-14-17(15-13-16)22-18(11-8-6-4-2)23-19-20-25-27(21,24-19)26-20/h12-15,18H,3-11H2,1-2H3. The van der Waals surface area contributed by atoms with Gasteiger partial charge in [0.25, 0.3) is 0 Å². The zero-order valence-corrected chi connectivity index (χ0v) is 17.0. The second kappa shape index (κ2) is 9.41. The van der Waals surface area contributed by atoms with Crippen molar-refractivity contribution in [2.75, 3.05) is 0 Å². The minimum atomic E-state index is -3.40. The number of aryl methyl sites for hydroxylation is 1. The van der Waals surface area contributed by atoms with Crippen LogP contribution in [0.25, 0.3) is 0 Å². The average molecular weight is 396 g/mol. The molecule has 4 rings (SSSR count). The normalized spacial score (nSPS) is 17.4. The molecule has 1 aromatic carbocycles. The molecule has 6 nitrogen and oxygen atoms in total. The van der Waals surface area contributed by atoms with E-state index in [0.717, 1.165) is 31.4 Å². The van der Waals surface area contributed by atoms with E-state index in [1.165, 1.54) is 31.2 Å². The van der Waals surface area contributed by atoms with Crippen LogP contribution in [0.5, 0.6) is 5.75 Å². The molecule has 3 aliphatic heterocycles. The summed E-state index contributed by atoms with van der Waals surface area (Å²) < 4.78 is 38.2. The van der Waals surface area contributed by atoms with Crippen molar-refractivity contribution in [3.05, 3.63) is 41.7 Å². The first-order chi connectivity index (χ1) is 13.1. The molecule has 0 spiro atoms. The summed E-state index contributed by atoms with van der Waals surface area (Å²) in [7, 11) is -3.40. The number of phosphoric acid groups is 1. The molecule has 3 aliphatic rings. The van der Waals surface area contributed by atoms with E-state index in [-0.39, 0.29) is 11.9 Å². The van der Waals surface area contributed by atoms with Crippen molar-refractivity contribution in [3.8, 4) is 5.75 Å². The summed E-state index contributed by atoms with van der Waals surface area (Å²) in [5.74, 6) is 0.801. The first-order valence-electron chi connectivity index (χ1n) is 9.97. The molecule has 1 atom stereocenters. The predicted octanol–water partition coefficient (Wildman–Crippen LogP) is 6.42. The van der Waals surface area contributed by atoms with Crippen LogP contribution in [0.3, 0.4) is 0 Å². The molecule has 0 aromatic heterocycles. The van der Waals surface area contributed by atoms with Gasteiger partial charge in [0.2, 0.25) is 6.29 Å². The van der Waals surface area contributed by atoms with Crippen molar-refractivity contribution in [3.63, 3.8) is 0 Å². The Bertz CT molecular complexity index is 672. The first kappa shape index (κ1) is 19.9. The number of phosphoric ester groups is 1. The quantitative estimate of drug-likeness (QED) is 0.218. The van der Waals surface area contributed by atoms with Crippen molar-refractivity contribution in [1.82, 2.24) is 0 Å². The average Bonchev–Trinajstić information content (AvgIpc) is 3.12. The Balaban J connectivity index is 1.53. The molecule has 7 heteroatoms. The monoisotopic (exact) mass is 396 g/mol. The van der Waals surface area contributed by atoms with Gasteiger partial charge < -0.3 is 23.0 Å². The molecule has 1 unspecified atom stereocenters. The lowest BCUT2D eigenvalue weighted by Crippen LogP contribution is -2.20. The molecular weight excluding hydrogens is 367 g/mol. The molecule has 1 aromatic rings. The molecule has 150 valence electrons. The maximum atomic E-state index is 11.6. The van der Waals surface area contributed by atoms with E-state index in [0.29, 0.717) is 6.42 Å². The van der Waals surface area contributed by atoms with Crippen molar-refractivity contribution < 1.29 is 27.6 Å². The molecular formula is C20H29O6P. The molecule has 0 saturated carbocycles. The zero-order chi connectivity index (χ0) is 19.1. The summed E-state index contributed by atoms with van der Waals surface area (Å²) in [5, 5.41) is 0. The van der Waals surface area contributed by atoms with E-state index in [4.69, 9.17) is 23.0 Å². The Morgan fingerprint density at radius 1 is 0.889 bits per heavy atom. The largest absolute Gasteiger partial charge is 0.654 e. The zero-order valence-electron chi connectivity index (χ0n) is 16.1. The SMILES string of the molecule is CCCCCCc1ccc(OC(CCCCC)OC2=C3OP(=O)(O2)O3)cc1. The van der Waals surface area contributed by atoms with Gasteiger partial charge in [-0.15, -0.1) is 0 Å². The van der Waals surface area contributed by atoms with Crippen molar-refractivity contribution >= 4 is 7.82 Å². The first-order valence-corrected chi connectivity index (χ1v) is 11.4. The third-order valence-electron chi connectivity index (χ3n) is 4.54. The second-order valence-corrected chi connectivity index (χ2v) is 8.35. The van der Waals surface area contributed by atoms with Crippen LogP contribution in [0.15, 0.2) is 36.2 Å². The van der Waals surface area contributed by atoms with Crippen LogP contribution >= 0.6 is 7.82 Å². The molecule has 0 radical (unpaired) electrons. The number of benzene rings is 1. The van der Waals surface area contributed by atoms with Gasteiger partial charge in [0.15, 0.2) is 0 Å². The molecule has 3 heterocycles. The second-order valence-electron chi connectivity index (χ2n) is 6.91. The van der Waals surface area contributed by atoms with E-state index in [1.807, 2.05) is 12.1 Å². The fraction of sp³-hybridized carbons (Fsp3) is 0.600. The highest BCUT2D eigenvalue weighted by Crippen LogP contribution is 2.70. The highest BCUT2D eigenvalue weighted by atomic mass is 31.2.